The quantitative estimate of drug-likeness (QED) is 0.824. The Bertz CT molecular complexity index is 484. The van der Waals surface area contributed by atoms with Gasteiger partial charge in [-0.25, -0.2) is 8.93 Å². The van der Waals surface area contributed by atoms with Gasteiger partial charge in [-0.2, -0.15) is 26.3 Å². The van der Waals surface area contributed by atoms with Crippen LogP contribution in [0.25, 0.3) is 0 Å². The summed E-state index contributed by atoms with van der Waals surface area (Å²) in [5.41, 5.74) is -0.940. The molecular formula is C12H15F6NOS. The van der Waals surface area contributed by atoms with Crippen molar-refractivity contribution >= 4 is 11.0 Å². The van der Waals surface area contributed by atoms with Gasteiger partial charge in [0.2, 0.25) is 0 Å². The van der Waals surface area contributed by atoms with Crippen molar-refractivity contribution in [1.82, 2.24) is 4.72 Å². The number of halogens is 6. The second-order valence-electron chi connectivity index (χ2n) is 3.70. The summed E-state index contributed by atoms with van der Waals surface area (Å²) in [5.74, 6) is 0. The molecule has 0 saturated carbocycles. The van der Waals surface area contributed by atoms with E-state index in [9.17, 15) is 30.6 Å². The zero-order valence-corrected chi connectivity index (χ0v) is 12.3. The minimum atomic E-state index is -4.78. The molecule has 21 heavy (non-hydrogen) atoms. The first-order chi connectivity index (χ1) is 9.50. The molecule has 0 aromatic heterocycles. The Hall–Kier alpha value is -1.09. The summed E-state index contributed by atoms with van der Waals surface area (Å²) in [6.07, 6.45) is -9.43. The maximum atomic E-state index is 12.7. The van der Waals surface area contributed by atoms with Crippen LogP contribution in [0.4, 0.5) is 26.3 Å². The van der Waals surface area contributed by atoms with Crippen molar-refractivity contribution in [1.29, 1.82) is 0 Å². The van der Waals surface area contributed by atoms with Crippen molar-refractivity contribution in [3.8, 4) is 0 Å². The topological polar surface area (TPSA) is 29.1 Å². The van der Waals surface area contributed by atoms with Crippen LogP contribution in [-0.2, 0) is 17.2 Å². The van der Waals surface area contributed by atoms with Crippen LogP contribution in [0.15, 0.2) is 23.1 Å². The maximum Gasteiger partial charge on any atom is 0.417 e. The molecular weight excluding hydrogens is 320 g/mol. The Balaban J connectivity index is 0.00000191. The molecule has 0 spiro atoms. The van der Waals surface area contributed by atoms with E-state index in [2.05, 4.69) is 0 Å². The highest BCUT2D eigenvalue weighted by molar-refractivity contribution is 7.83. The standard InChI is InChI=1S/C10H9F6NOS.C2H6/c1-6-2-3-8(7(4-6)10(14,15)16)19(18)17-5-9(11,12)13;1-2/h2-4,17H,5H2,1H3;1-2H3. The van der Waals surface area contributed by atoms with Crippen LogP contribution in [0.3, 0.4) is 0 Å². The molecule has 0 bridgehead atoms. The molecule has 0 fully saturated rings. The van der Waals surface area contributed by atoms with Crippen LogP contribution < -0.4 is 4.72 Å². The van der Waals surface area contributed by atoms with Gasteiger partial charge < -0.3 is 0 Å². The van der Waals surface area contributed by atoms with Gasteiger partial charge in [0.05, 0.1) is 10.5 Å². The third-order valence-corrected chi connectivity index (χ3v) is 3.21. The molecule has 1 rings (SSSR count). The Morgan fingerprint density at radius 1 is 1.10 bits per heavy atom. The number of nitrogens with one attached hydrogen (secondary N) is 1. The highest BCUT2D eigenvalue weighted by Crippen LogP contribution is 2.34. The maximum absolute atomic E-state index is 12.7. The second-order valence-corrected chi connectivity index (χ2v) is 4.97. The lowest BCUT2D eigenvalue weighted by molar-refractivity contribution is -0.139. The molecule has 0 saturated heterocycles. The van der Waals surface area contributed by atoms with Crippen LogP contribution >= 0.6 is 0 Å². The van der Waals surface area contributed by atoms with Crippen molar-refractivity contribution in [2.45, 2.75) is 38.0 Å². The number of hydrogen-bond acceptors (Lipinski definition) is 1. The number of rotatable bonds is 3. The van der Waals surface area contributed by atoms with Crippen molar-refractivity contribution in [2.75, 3.05) is 6.54 Å². The van der Waals surface area contributed by atoms with E-state index in [-0.39, 0.29) is 5.56 Å². The Morgan fingerprint density at radius 2 is 1.62 bits per heavy atom. The molecule has 0 amide bonds. The van der Waals surface area contributed by atoms with E-state index in [1.807, 2.05) is 13.8 Å². The largest absolute Gasteiger partial charge is 0.417 e. The van der Waals surface area contributed by atoms with Gasteiger partial charge in [-0.1, -0.05) is 25.5 Å². The molecule has 1 unspecified atom stereocenters. The third-order valence-electron chi connectivity index (χ3n) is 2.04. The summed E-state index contributed by atoms with van der Waals surface area (Å²) in [6, 6.07) is 2.89. The molecule has 1 N–H and O–H groups in total. The first-order valence-corrected chi connectivity index (χ1v) is 7.05. The van der Waals surface area contributed by atoms with E-state index < -0.39 is 40.3 Å². The number of aryl methyl sites for hydroxylation is 1. The van der Waals surface area contributed by atoms with E-state index in [4.69, 9.17) is 0 Å². The highest BCUT2D eigenvalue weighted by Gasteiger charge is 2.36. The SMILES string of the molecule is CC.Cc1ccc(S(=O)NCC(F)(F)F)c(C(F)(F)F)c1. The smallest absolute Gasteiger partial charge is 0.237 e. The summed E-state index contributed by atoms with van der Waals surface area (Å²) in [5, 5.41) is 0. The van der Waals surface area contributed by atoms with E-state index in [1.165, 1.54) is 17.7 Å². The lowest BCUT2D eigenvalue weighted by Crippen LogP contribution is -2.31. The molecule has 1 aromatic rings. The fraction of sp³-hybridized carbons (Fsp3) is 0.500. The Morgan fingerprint density at radius 3 is 2.05 bits per heavy atom. The third kappa shape index (κ3) is 6.94. The van der Waals surface area contributed by atoms with Crippen molar-refractivity contribution < 1.29 is 30.6 Å². The zero-order chi connectivity index (χ0) is 16.8. The molecule has 0 heterocycles. The summed E-state index contributed by atoms with van der Waals surface area (Å²) in [6.45, 7) is 3.76. The lowest BCUT2D eigenvalue weighted by atomic mass is 10.1. The summed E-state index contributed by atoms with van der Waals surface area (Å²) >= 11 is 0. The minimum absolute atomic E-state index is 0.267. The van der Waals surface area contributed by atoms with E-state index >= 15 is 0 Å². The van der Waals surface area contributed by atoms with E-state index in [0.717, 1.165) is 12.1 Å². The molecule has 0 aliphatic heterocycles. The van der Waals surface area contributed by atoms with Gasteiger partial charge in [-0.3, -0.25) is 0 Å². The Labute approximate surface area is 121 Å². The fourth-order valence-corrected chi connectivity index (χ4v) is 2.27. The van der Waals surface area contributed by atoms with Gasteiger partial charge >= 0.3 is 12.4 Å². The molecule has 0 aliphatic rings. The summed E-state index contributed by atoms with van der Waals surface area (Å²) in [4.78, 5) is -0.720. The van der Waals surface area contributed by atoms with Crippen LogP contribution in [0.1, 0.15) is 25.0 Å². The first kappa shape index (κ1) is 19.9. The van der Waals surface area contributed by atoms with Crippen molar-refractivity contribution in [3.05, 3.63) is 29.3 Å². The normalized spacial score (nSPS) is 13.4. The number of alkyl halides is 6. The first-order valence-electron chi connectivity index (χ1n) is 5.90. The van der Waals surface area contributed by atoms with Crippen LogP contribution in [0.5, 0.6) is 0 Å². The van der Waals surface area contributed by atoms with Crippen LogP contribution in [-0.4, -0.2) is 16.9 Å². The van der Waals surface area contributed by atoms with Crippen LogP contribution in [0.2, 0.25) is 0 Å². The molecule has 122 valence electrons. The molecule has 9 heteroatoms. The second kappa shape index (κ2) is 7.79. The molecule has 1 aromatic carbocycles. The lowest BCUT2D eigenvalue weighted by Gasteiger charge is -2.14. The predicted molar refractivity (Wildman–Crippen MR) is 68.0 cm³/mol. The van der Waals surface area contributed by atoms with Gasteiger partial charge in [0.25, 0.3) is 0 Å². The van der Waals surface area contributed by atoms with Gasteiger partial charge in [0.1, 0.15) is 17.5 Å². The molecule has 0 aliphatic carbocycles. The van der Waals surface area contributed by atoms with E-state index in [0.29, 0.717) is 0 Å². The van der Waals surface area contributed by atoms with Gasteiger partial charge in [0, 0.05) is 0 Å². The average Bonchev–Trinajstić information content (AvgIpc) is 2.36. The average molecular weight is 335 g/mol. The monoisotopic (exact) mass is 335 g/mol. The summed E-state index contributed by atoms with van der Waals surface area (Å²) < 4.78 is 86.8. The zero-order valence-electron chi connectivity index (χ0n) is 11.5. The molecule has 1 atom stereocenters. The van der Waals surface area contributed by atoms with Crippen LogP contribution in [0, 0.1) is 6.92 Å². The van der Waals surface area contributed by atoms with Crippen molar-refractivity contribution in [3.63, 3.8) is 0 Å². The fourth-order valence-electron chi connectivity index (χ4n) is 1.25. The molecule has 0 radical (unpaired) electrons. The van der Waals surface area contributed by atoms with Gasteiger partial charge in [-0.05, 0) is 19.1 Å². The highest BCUT2D eigenvalue weighted by atomic mass is 32.2. The Kier molecular flexibility index (Phi) is 7.38. The van der Waals surface area contributed by atoms with Crippen molar-refractivity contribution in [2.24, 2.45) is 0 Å². The molecule has 2 nitrogen and oxygen atoms in total. The summed E-state index contributed by atoms with van der Waals surface area (Å²) in [7, 11) is -2.59. The number of benzene rings is 1. The minimum Gasteiger partial charge on any atom is -0.237 e. The van der Waals surface area contributed by atoms with Gasteiger partial charge in [-0.15, -0.1) is 0 Å². The predicted octanol–water partition coefficient (Wildman–Crippen LogP) is 4.21. The van der Waals surface area contributed by atoms with E-state index in [1.54, 1.807) is 0 Å². The van der Waals surface area contributed by atoms with Gasteiger partial charge in [0.15, 0.2) is 0 Å². The number of hydrogen-bond donors (Lipinski definition) is 1.